The number of fused-ring (bicyclic) bond motifs is 1. The second kappa shape index (κ2) is 9.34. The summed E-state index contributed by atoms with van der Waals surface area (Å²) in [6, 6.07) is 15.0. The SMILES string of the molecule is CC[C@@](O)(c1cn(Cc2ccc3c(-c4ccc(C(C)C)cc4)cc(C(N)=O)nc3c2)nn1)C(F)(F)F. The van der Waals surface area contributed by atoms with Crippen molar-refractivity contribution in [2.75, 3.05) is 0 Å². The number of nitrogens with two attached hydrogens (primary N) is 1. The zero-order valence-electron chi connectivity index (χ0n) is 20.0. The Morgan fingerprint density at radius 3 is 2.39 bits per heavy atom. The highest BCUT2D eigenvalue weighted by atomic mass is 19.4. The number of nitrogens with zero attached hydrogens (tertiary/aromatic N) is 4. The maximum absolute atomic E-state index is 13.4. The Bertz CT molecular complexity index is 1410. The fourth-order valence-corrected chi connectivity index (χ4v) is 4.06. The summed E-state index contributed by atoms with van der Waals surface area (Å²) >= 11 is 0. The molecule has 0 fully saturated rings. The maximum Gasteiger partial charge on any atom is 0.423 e. The van der Waals surface area contributed by atoms with E-state index in [1.54, 1.807) is 18.2 Å². The third kappa shape index (κ3) is 4.68. The minimum atomic E-state index is -4.88. The number of aromatic nitrogens is 4. The maximum atomic E-state index is 13.4. The molecule has 0 radical (unpaired) electrons. The molecule has 3 N–H and O–H groups in total. The molecule has 0 aliphatic rings. The van der Waals surface area contributed by atoms with Gasteiger partial charge in [0.25, 0.3) is 5.91 Å². The number of hydrogen-bond acceptors (Lipinski definition) is 5. The molecule has 188 valence electrons. The van der Waals surface area contributed by atoms with Gasteiger partial charge < -0.3 is 10.8 Å². The molecular formula is C26H26F3N5O2. The average molecular weight is 498 g/mol. The number of rotatable bonds is 7. The van der Waals surface area contributed by atoms with Gasteiger partial charge in [-0.2, -0.15) is 13.2 Å². The summed E-state index contributed by atoms with van der Waals surface area (Å²) in [5.74, 6) is -0.298. The first kappa shape index (κ1) is 25.3. The van der Waals surface area contributed by atoms with Crippen LogP contribution in [0.4, 0.5) is 13.2 Å². The number of aliphatic hydroxyl groups is 1. The molecule has 1 atom stereocenters. The van der Waals surface area contributed by atoms with Gasteiger partial charge in [-0.25, -0.2) is 9.67 Å². The van der Waals surface area contributed by atoms with Gasteiger partial charge >= 0.3 is 6.18 Å². The number of primary amides is 1. The highest BCUT2D eigenvalue weighted by molar-refractivity contribution is 6.00. The van der Waals surface area contributed by atoms with Gasteiger partial charge in [-0.3, -0.25) is 4.79 Å². The van der Waals surface area contributed by atoms with Crippen LogP contribution in [-0.2, 0) is 12.1 Å². The van der Waals surface area contributed by atoms with Crippen molar-refractivity contribution < 1.29 is 23.1 Å². The zero-order chi connectivity index (χ0) is 26.3. The van der Waals surface area contributed by atoms with Crippen molar-refractivity contribution in [1.82, 2.24) is 20.0 Å². The van der Waals surface area contributed by atoms with Crippen LogP contribution >= 0.6 is 0 Å². The van der Waals surface area contributed by atoms with Crippen LogP contribution < -0.4 is 5.73 Å². The average Bonchev–Trinajstić information content (AvgIpc) is 3.30. The summed E-state index contributed by atoms with van der Waals surface area (Å²) in [4.78, 5) is 16.4. The topological polar surface area (TPSA) is 107 Å². The van der Waals surface area contributed by atoms with Gasteiger partial charge in [-0.15, -0.1) is 5.10 Å². The monoisotopic (exact) mass is 497 g/mol. The van der Waals surface area contributed by atoms with E-state index in [2.05, 4.69) is 29.1 Å². The Labute approximate surface area is 205 Å². The van der Waals surface area contributed by atoms with E-state index in [1.165, 1.54) is 17.2 Å². The summed E-state index contributed by atoms with van der Waals surface area (Å²) in [6.45, 7) is 5.52. The quantitative estimate of drug-likeness (QED) is 0.377. The molecule has 4 aromatic rings. The lowest BCUT2D eigenvalue weighted by atomic mass is 9.95. The van der Waals surface area contributed by atoms with Gasteiger partial charge in [0.05, 0.1) is 18.3 Å². The van der Waals surface area contributed by atoms with Crippen molar-refractivity contribution in [3.63, 3.8) is 0 Å². The summed E-state index contributed by atoms with van der Waals surface area (Å²) in [5.41, 5.74) is 6.03. The van der Waals surface area contributed by atoms with Crippen LogP contribution in [0, 0.1) is 0 Å². The molecule has 4 rings (SSSR count). The Morgan fingerprint density at radius 1 is 1.11 bits per heavy atom. The molecule has 7 nitrogen and oxygen atoms in total. The molecule has 0 saturated heterocycles. The highest BCUT2D eigenvalue weighted by Crippen LogP contribution is 2.40. The third-order valence-electron chi connectivity index (χ3n) is 6.30. The molecule has 2 aromatic carbocycles. The third-order valence-corrected chi connectivity index (χ3v) is 6.30. The minimum Gasteiger partial charge on any atom is -0.375 e. The molecule has 36 heavy (non-hydrogen) atoms. The lowest BCUT2D eigenvalue weighted by Crippen LogP contribution is -2.42. The molecular weight excluding hydrogens is 471 g/mol. The van der Waals surface area contributed by atoms with Crippen molar-refractivity contribution in [2.24, 2.45) is 5.73 Å². The minimum absolute atomic E-state index is 0.0848. The number of halogens is 3. The molecule has 10 heteroatoms. The van der Waals surface area contributed by atoms with E-state index in [9.17, 15) is 23.1 Å². The molecule has 0 spiro atoms. The van der Waals surface area contributed by atoms with Crippen LogP contribution in [0.15, 0.2) is 54.7 Å². The van der Waals surface area contributed by atoms with Gasteiger partial charge in [0.15, 0.2) is 0 Å². The van der Waals surface area contributed by atoms with Crippen LogP contribution in [-0.4, -0.2) is 37.2 Å². The first-order chi connectivity index (χ1) is 16.9. The van der Waals surface area contributed by atoms with E-state index in [0.29, 0.717) is 17.0 Å². The van der Waals surface area contributed by atoms with E-state index in [1.807, 2.05) is 30.3 Å². The molecule has 0 unspecified atom stereocenters. The molecule has 0 aliphatic heterocycles. The second-order valence-electron chi connectivity index (χ2n) is 9.06. The predicted molar refractivity (Wildman–Crippen MR) is 129 cm³/mol. The van der Waals surface area contributed by atoms with Gasteiger partial charge in [0.2, 0.25) is 5.60 Å². The van der Waals surface area contributed by atoms with E-state index in [-0.39, 0.29) is 12.2 Å². The van der Waals surface area contributed by atoms with E-state index in [4.69, 9.17) is 5.73 Å². The lowest BCUT2D eigenvalue weighted by molar-refractivity contribution is -0.269. The number of carbonyl (C=O) groups is 1. The number of pyridine rings is 1. The van der Waals surface area contributed by atoms with Crippen LogP contribution in [0.25, 0.3) is 22.0 Å². The highest BCUT2D eigenvalue weighted by Gasteiger charge is 2.55. The molecule has 2 heterocycles. The van der Waals surface area contributed by atoms with Gasteiger partial charge in [-0.1, -0.05) is 62.4 Å². The Kier molecular flexibility index (Phi) is 6.57. The predicted octanol–water partition coefficient (Wildman–Crippen LogP) is 4.92. The molecule has 1 amide bonds. The van der Waals surface area contributed by atoms with Gasteiger partial charge in [-0.05, 0) is 46.7 Å². The van der Waals surface area contributed by atoms with E-state index < -0.39 is 29.8 Å². The first-order valence-electron chi connectivity index (χ1n) is 11.5. The van der Waals surface area contributed by atoms with Crippen molar-refractivity contribution in [2.45, 2.75) is 51.4 Å². The smallest absolute Gasteiger partial charge is 0.375 e. The lowest BCUT2D eigenvalue weighted by Gasteiger charge is -2.26. The van der Waals surface area contributed by atoms with Gasteiger partial charge in [0, 0.05) is 5.39 Å². The van der Waals surface area contributed by atoms with Crippen molar-refractivity contribution in [3.8, 4) is 11.1 Å². The second-order valence-corrected chi connectivity index (χ2v) is 9.06. The molecule has 0 bridgehead atoms. The summed E-state index contributed by atoms with van der Waals surface area (Å²) in [5, 5.41) is 18.2. The fourth-order valence-electron chi connectivity index (χ4n) is 4.06. The van der Waals surface area contributed by atoms with Crippen molar-refractivity contribution in [3.05, 3.63) is 77.2 Å². The van der Waals surface area contributed by atoms with E-state index in [0.717, 1.165) is 22.7 Å². The molecule has 2 aromatic heterocycles. The van der Waals surface area contributed by atoms with Crippen LogP contribution in [0.5, 0.6) is 0 Å². The zero-order valence-corrected chi connectivity index (χ0v) is 20.0. The molecule has 0 saturated carbocycles. The summed E-state index contributed by atoms with van der Waals surface area (Å²) in [7, 11) is 0. The van der Waals surface area contributed by atoms with Crippen molar-refractivity contribution >= 4 is 16.8 Å². The number of hydrogen-bond donors (Lipinski definition) is 2. The normalized spacial score (nSPS) is 13.8. The van der Waals surface area contributed by atoms with E-state index >= 15 is 0 Å². The summed E-state index contributed by atoms with van der Waals surface area (Å²) in [6.07, 6.45) is -4.40. The number of alkyl halides is 3. The molecule has 0 aliphatic carbocycles. The van der Waals surface area contributed by atoms with Crippen LogP contribution in [0.1, 0.15) is 60.4 Å². The van der Waals surface area contributed by atoms with Crippen LogP contribution in [0.3, 0.4) is 0 Å². The Balaban J connectivity index is 1.72. The van der Waals surface area contributed by atoms with Crippen molar-refractivity contribution in [1.29, 1.82) is 0 Å². The van der Waals surface area contributed by atoms with Crippen LogP contribution in [0.2, 0.25) is 0 Å². The first-order valence-corrected chi connectivity index (χ1v) is 11.5. The number of benzene rings is 2. The standard InChI is InChI=1S/C26H26F3N5O2/c1-4-25(36,26(27,28)29)23-14-34(33-32-23)13-16-5-10-19-20(12-22(24(30)35)31-21(19)11-16)18-8-6-17(7-9-18)15(2)3/h5-12,14-15,36H,4,13H2,1-3H3,(H2,30,35)/t25-/m1/s1. The fraction of sp³-hybridized carbons (Fsp3) is 0.308. The Morgan fingerprint density at radius 2 is 1.81 bits per heavy atom. The van der Waals surface area contributed by atoms with Gasteiger partial charge in [0.1, 0.15) is 11.4 Å². The number of carbonyl (C=O) groups excluding carboxylic acids is 1. The number of amides is 1. The largest absolute Gasteiger partial charge is 0.423 e. The summed E-state index contributed by atoms with van der Waals surface area (Å²) < 4.78 is 41.3. The Hall–Kier alpha value is -3.79.